The van der Waals surface area contributed by atoms with E-state index in [4.69, 9.17) is 4.74 Å². The van der Waals surface area contributed by atoms with E-state index in [1.807, 2.05) is 62.4 Å². The molecule has 4 heteroatoms. The summed E-state index contributed by atoms with van der Waals surface area (Å²) in [6.45, 7) is 3.90. The molecule has 2 aromatic carbocycles. The van der Waals surface area contributed by atoms with Crippen LogP contribution in [0.15, 0.2) is 53.3 Å². The van der Waals surface area contributed by atoms with Crippen molar-refractivity contribution in [2.75, 3.05) is 7.11 Å². The highest BCUT2D eigenvalue weighted by molar-refractivity contribution is 5.91. The first-order valence-corrected chi connectivity index (χ1v) is 7.55. The first-order valence-electron chi connectivity index (χ1n) is 7.55. The van der Waals surface area contributed by atoms with Gasteiger partial charge in [0.1, 0.15) is 11.4 Å². The van der Waals surface area contributed by atoms with Crippen LogP contribution in [-0.4, -0.2) is 17.1 Å². The molecule has 0 amide bonds. The van der Waals surface area contributed by atoms with E-state index in [1.54, 1.807) is 7.11 Å². The highest BCUT2D eigenvalue weighted by Crippen LogP contribution is 2.27. The van der Waals surface area contributed by atoms with Crippen LogP contribution in [0.25, 0.3) is 22.2 Å². The molecule has 116 valence electrons. The molecular weight excluding hydrogens is 288 g/mol. The SMILES string of the molecule is COc1ccc(-c2nc(C(C)C)c(=O)nc3ccccc23)cc1. The second kappa shape index (κ2) is 6.16. The van der Waals surface area contributed by atoms with Gasteiger partial charge in [-0.2, -0.15) is 0 Å². The van der Waals surface area contributed by atoms with E-state index in [1.165, 1.54) is 0 Å². The third kappa shape index (κ3) is 2.93. The summed E-state index contributed by atoms with van der Waals surface area (Å²) in [6.07, 6.45) is 0. The van der Waals surface area contributed by atoms with Crippen molar-refractivity contribution in [3.8, 4) is 17.0 Å². The molecule has 0 spiro atoms. The van der Waals surface area contributed by atoms with Gasteiger partial charge in [0.15, 0.2) is 0 Å². The molecule has 1 heterocycles. The lowest BCUT2D eigenvalue weighted by atomic mass is 10.1. The number of hydrogen-bond donors (Lipinski definition) is 0. The molecule has 0 unspecified atom stereocenters. The molecule has 0 aliphatic carbocycles. The minimum absolute atomic E-state index is 0.00816. The van der Waals surface area contributed by atoms with Gasteiger partial charge in [-0.1, -0.05) is 32.0 Å². The van der Waals surface area contributed by atoms with E-state index in [0.29, 0.717) is 11.2 Å². The summed E-state index contributed by atoms with van der Waals surface area (Å²) >= 11 is 0. The van der Waals surface area contributed by atoms with Crippen LogP contribution >= 0.6 is 0 Å². The number of fused-ring (bicyclic) bond motifs is 1. The Balaban J connectivity index is 2.37. The number of benzene rings is 2. The number of nitrogens with zero attached hydrogens (tertiary/aromatic N) is 2. The maximum Gasteiger partial charge on any atom is 0.292 e. The molecule has 0 N–H and O–H groups in total. The predicted octanol–water partition coefficient (Wildman–Crippen LogP) is 3.79. The average molecular weight is 306 g/mol. The third-order valence-corrected chi connectivity index (χ3v) is 3.74. The molecule has 0 saturated heterocycles. The number of hydrogen-bond acceptors (Lipinski definition) is 4. The molecule has 1 aromatic heterocycles. The molecule has 0 fully saturated rings. The minimum Gasteiger partial charge on any atom is -0.497 e. The van der Waals surface area contributed by atoms with Crippen LogP contribution in [0, 0.1) is 0 Å². The quantitative estimate of drug-likeness (QED) is 0.739. The zero-order valence-corrected chi connectivity index (χ0v) is 13.4. The molecule has 0 aliphatic rings. The molecule has 3 aromatic rings. The molecule has 0 aliphatic heterocycles. The smallest absolute Gasteiger partial charge is 0.292 e. The van der Waals surface area contributed by atoms with Gasteiger partial charge in [0.2, 0.25) is 0 Å². The number of methoxy groups -OCH3 is 1. The Morgan fingerprint density at radius 3 is 2.30 bits per heavy atom. The Bertz CT molecular complexity index is 903. The monoisotopic (exact) mass is 306 g/mol. The zero-order valence-electron chi connectivity index (χ0n) is 13.4. The van der Waals surface area contributed by atoms with Crippen molar-refractivity contribution in [2.45, 2.75) is 19.8 Å². The molecule has 23 heavy (non-hydrogen) atoms. The van der Waals surface area contributed by atoms with Crippen molar-refractivity contribution in [3.05, 3.63) is 64.6 Å². The van der Waals surface area contributed by atoms with Crippen LogP contribution in [0.3, 0.4) is 0 Å². The normalized spacial score (nSPS) is 11.0. The molecule has 3 rings (SSSR count). The topological polar surface area (TPSA) is 52.1 Å². The van der Waals surface area contributed by atoms with Crippen LogP contribution in [0.4, 0.5) is 0 Å². The summed E-state index contributed by atoms with van der Waals surface area (Å²) in [5, 5.41) is 0.863. The van der Waals surface area contributed by atoms with Crippen molar-refractivity contribution in [1.82, 2.24) is 9.97 Å². The van der Waals surface area contributed by atoms with E-state index >= 15 is 0 Å². The second-order valence-corrected chi connectivity index (χ2v) is 5.66. The van der Waals surface area contributed by atoms with Gasteiger partial charge in [-0.25, -0.2) is 9.97 Å². The van der Waals surface area contributed by atoms with Crippen LogP contribution in [0.2, 0.25) is 0 Å². The first-order chi connectivity index (χ1) is 11.1. The fourth-order valence-electron chi connectivity index (χ4n) is 2.51. The number of aromatic nitrogens is 2. The Hall–Kier alpha value is -2.75. The van der Waals surface area contributed by atoms with Crippen molar-refractivity contribution >= 4 is 10.9 Å². The van der Waals surface area contributed by atoms with E-state index in [2.05, 4.69) is 9.97 Å². The van der Waals surface area contributed by atoms with Crippen molar-refractivity contribution < 1.29 is 4.74 Å². The van der Waals surface area contributed by atoms with Crippen LogP contribution < -0.4 is 10.3 Å². The standard InChI is InChI=1S/C19H18N2O2/c1-12(2)17-19(22)20-16-7-5-4-6-15(16)18(21-17)13-8-10-14(23-3)11-9-13/h4-12H,1-3H3. The second-order valence-electron chi connectivity index (χ2n) is 5.66. The van der Waals surface area contributed by atoms with E-state index in [9.17, 15) is 4.79 Å². The Morgan fingerprint density at radius 1 is 0.957 bits per heavy atom. The maximum atomic E-state index is 12.4. The highest BCUT2D eigenvalue weighted by atomic mass is 16.5. The third-order valence-electron chi connectivity index (χ3n) is 3.74. The fraction of sp³-hybridized carbons (Fsp3) is 0.211. The summed E-state index contributed by atoms with van der Waals surface area (Å²) < 4.78 is 5.21. The number of ether oxygens (including phenoxy) is 1. The van der Waals surface area contributed by atoms with Gasteiger partial charge >= 0.3 is 0 Å². The Kier molecular flexibility index (Phi) is 4.06. The summed E-state index contributed by atoms with van der Waals surface area (Å²) in [4.78, 5) is 21.3. The van der Waals surface area contributed by atoms with Gasteiger partial charge in [0.25, 0.3) is 5.56 Å². The molecule has 0 saturated carbocycles. The average Bonchev–Trinajstić information content (AvgIpc) is 2.71. The van der Waals surface area contributed by atoms with Crippen molar-refractivity contribution in [1.29, 1.82) is 0 Å². The van der Waals surface area contributed by atoms with Crippen molar-refractivity contribution in [3.63, 3.8) is 0 Å². The fourth-order valence-corrected chi connectivity index (χ4v) is 2.51. The van der Waals surface area contributed by atoms with Crippen LogP contribution in [0.1, 0.15) is 25.5 Å². The first kappa shape index (κ1) is 15.2. The molecule has 0 atom stereocenters. The van der Waals surface area contributed by atoms with Gasteiger partial charge in [-0.15, -0.1) is 0 Å². The number of rotatable bonds is 3. The molecular formula is C19H18N2O2. The van der Waals surface area contributed by atoms with Gasteiger partial charge in [-0.3, -0.25) is 4.79 Å². The maximum absolute atomic E-state index is 12.4. The summed E-state index contributed by atoms with van der Waals surface area (Å²) in [5.41, 5.74) is 2.56. The molecule has 0 radical (unpaired) electrons. The largest absolute Gasteiger partial charge is 0.497 e. The van der Waals surface area contributed by atoms with E-state index in [0.717, 1.165) is 22.4 Å². The lowest BCUT2D eigenvalue weighted by Gasteiger charge is -2.05. The Morgan fingerprint density at radius 2 is 1.65 bits per heavy atom. The van der Waals surface area contributed by atoms with Crippen LogP contribution in [-0.2, 0) is 0 Å². The molecule has 0 bridgehead atoms. The summed E-state index contributed by atoms with van der Waals surface area (Å²) in [7, 11) is 1.63. The van der Waals surface area contributed by atoms with Crippen LogP contribution in [0.5, 0.6) is 5.75 Å². The lowest BCUT2D eigenvalue weighted by Crippen LogP contribution is -2.12. The van der Waals surface area contributed by atoms with Gasteiger partial charge in [-0.05, 0) is 30.3 Å². The van der Waals surface area contributed by atoms with Gasteiger partial charge < -0.3 is 4.74 Å². The van der Waals surface area contributed by atoms with Gasteiger partial charge in [0, 0.05) is 16.9 Å². The summed E-state index contributed by atoms with van der Waals surface area (Å²) in [5.74, 6) is 0.791. The molecule has 4 nitrogen and oxygen atoms in total. The van der Waals surface area contributed by atoms with E-state index in [-0.39, 0.29) is 11.5 Å². The zero-order chi connectivity index (χ0) is 16.4. The van der Waals surface area contributed by atoms with E-state index < -0.39 is 0 Å². The van der Waals surface area contributed by atoms with Crippen molar-refractivity contribution in [2.24, 2.45) is 0 Å². The van der Waals surface area contributed by atoms with Gasteiger partial charge in [0.05, 0.1) is 18.3 Å². The summed E-state index contributed by atoms with van der Waals surface area (Å²) in [6, 6.07) is 15.3. The lowest BCUT2D eigenvalue weighted by molar-refractivity contribution is 0.415. The highest BCUT2D eigenvalue weighted by Gasteiger charge is 2.12. The minimum atomic E-state index is -0.268. The number of para-hydroxylation sites is 1. The Labute approximate surface area is 134 Å². The predicted molar refractivity (Wildman–Crippen MR) is 91.9 cm³/mol.